The first kappa shape index (κ1) is 9.90. The molecule has 0 amide bonds. The van der Waals surface area contributed by atoms with Crippen LogP contribution < -0.4 is 0 Å². The van der Waals surface area contributed by atoms with Gasteiger partial charge in [0.2, 0.25) is 0 Å². The van der Waals surface area contributed by atoms with Gasteiger partial charge >= 0.3 is 5.97 Å². The average molecular weight is 203 g/mol. The van der Waals surface area contributed by atoms with Crippen LogP contribution in [0.1, 0.15) is 24.8 Å². The molecule has 1 aliphatic carbocycles. The largest absolute Gasteiger partial charge is 0.478 e. The zero-order chi connectivity index (χ0) is 10.7. The summed E-state index contributed by atoms with van der Waals surface area (Å²) in [7, 11) is 0. The van der Waals surface area contributed by atoms with E-state index in [1.54, 1.807) is 12.4 Å². The molecule has 1 aliphatic rings. The van der Waals surface area contributed by atoms with E-state index in [-0.39, 0.29) is 0 Å². The first-order valence-electron chi connectivity index (χ1n) is 5.10. The Balaban J connectivity index is 2.18. The average Bonchev–Trinajstić information content (AvgIpc) is 2.67. The second-order valence-electron chi connectivity index (χ2n) is 3.78. The molecule has 0 saturated carbocycles. The minimum absolute atomic E-state index is 0.610. The van der Waals surface area contributed by atoms with E-state index in [0.717, 1.165) is 30.4 Å². The van der Waals surface area contributed by atoms with E-state index in [1.807, 2.05) is 12.1 Å². The van der Waals surface area contributed by atoms with E-state index in [9.17, 15) is 4.79 Å². The maximum atomic E-state index is 10.9. The monoisotopic (exact) mass is 203 g/mol. The van der Waals surface area contributed by atoms with Crippen molar-refractivity contribution < 1.29 is 9.90 Å². The molecule has 3 heteroatoms. The fourth-order valence-electron chi connectivity index (χ4n) is 2.01. The van der Waals surface area contributed by atoms with Gasteiger partial charge < -0.3 is 5.11 Å². The van der Waals surface area contributed by atoms with Gasteiger partial charge in [-0.25, -0.2) is 4.79 Å². The van der Waals surface area contributed by atoms with Crippen LogP contribution in [0.15, 0.2) is 35.7 Å². The van der Waals surface area contributed by atoms with Gasteiger partial charge in [0.05, 0.1) is 0 Å². The van der Waals surface area contributed by atoms with E-state index < -0.39 is 5.97 Å². The highest BCUT2D eigenvalue weighted by Gasteiger charge is 2.19. The Labute approximate surface area is 88.5 Å². The Morgan fingerprint density at radius 1 is 1.47 bits per heavy atom. The highest BCUT2D eigenvalue weighted by atomic mass is 16.4. The summed E-state index contributed by atoms with van der Waals surface area (Å²) in [4.78, 5) is 15.0. The summed E-state index contributed by atoms with van der Waals surface area (Å²) in [6, 6.07) is 3.86. The van der Waals surface area contributed by atoms with Crippen molar-refractivity contribution in [2.24, 2.45) is 0 Å². The van der Waals surface area contributed by atoms with Gasteiger partial charge in [-0.3, -0.25) is 4.98 Å². The minimum atomic E-state index is -0.758. The number of aliphatic carboxylic acids is 1. The molecule has 1 aromatic heterocycles. The molecule has 78 valence electrons. The Morgan fingerprint density at radius 3 is 3.00 bits per heavy atom. The summed E-state index contributed by atoms with van der Waals surface area (Å²) in [6.07, 6.45) is 6.85. The molecule has 0 unspecified atom stereocenters. The maximum Gasteiger partial charge on any atom is 0.331 e. The number of allylic oxidation sites excluding steroid dienone is 1. The van der Waals surface area contributed by atoms with Crippen LogP contribution in [-0.4, -0.2) is 16.1 Å². The standard InChI is InChI=1S/C12H13NO2/c14-12(15)11-5-1-4-10(11)7-9-3-2-6-13-8-9/h2-3,6,8H,1,4-5,7H2,(H,14,15). The molecule has 15 heavy (non-hydrogen) atoms. The number of aromatic nitrogens is 1. The Kier molecular flexibility index (Phi) is 2.81. The van der Waals surface area contributed by atoms with Gasteiger partial charge in [0.1, 0.15) is 0 Å². The molecule has 0 aromatic carbocycles. The number of carbonyl (C=O) groups is 1. The summed E-state index contributed by atoms with van der Waals surface area (Å²) >= 11 is 0. The quantitative estimate of drug-likeness (QED) is 0.819. The zero-order valence-electron chi connectivity index (χ0n) is 8.44. The van der Waals surface area contributed by atoms with Crippen molar-refractivity contribution >= 4 is 5.97 Å². The number of nitrogens with zero attached hydrogens (tertiary/aromatic N) is 1. The lowest BCUT2D eigenvalue weighted by atomic mass is 10.0. The number of carboxylic acid groups (broad SMARTS) is 1. The molecule has 0 atom stereocenters. The maximum absolute atomic E-state index is 10.9. The summed E-state index contributed by atoms with van der Waals surface area (Å²) in [5, 5.41) is 8.99. The molecular formula is C12H13NO2. The Hall–Kier alpha value is -1.64. The predicted molar refractivity (Wildman–Crippen MR) is 56.5 cm³/mol. The van der Waals surface area contributed by atoms with Gasteiger partial charge in [-0.05, 0) is 37.3 Å². The van der Waals surface area contributed by atoms with Crippen LogP contribution in [0.5, 0.6) is 0 Å². The summed E-state index contributed by atoms with van der Waals surface area (Å²) < 4.78 is 0. The lowest BCUT2D eigenvalue weighted by Gasteiger charge is -2.03. The first-order chi connectivity index (χ1) is 7.27. The van der Waals surface area contributed by atoms with Crippen molar-refractivity contribution in [3.8, 4) is 0 Å². The van der Waals surface area contributed by atoms with Crippen LogP contribution in [-0.2, 0) is 11.2 Å². The summed E-state index contributed by atoms with van der Waals surface area (Å²) in [5.41, 5.74) is 2.77. The third-order valence-corrected chi connectivity index (χ3v) is 2.73. The number of rotatable bonds is 3. The smallest absolute Gasteiger partial charge is 0.331 e. The lowest BCUT2D eigenvalue weighted by Crippen LogP contribution is -2.01. The van der Waals surface area contributed by atoms with Gasteiger partial charge in [-0.2, -0.15) is 0 Å². The first-order valence-corrected chi connectivity index (χ1v) is 5.10. The number of pyridine rings is 1. The molecule has 2 rings (SSSR count). The normalized spacial score (nSPS) is 15.7. The molecule has 0 fully saturated rings. The van der Waals surface area contributed by atoms with Crippen LogP contribution in [0, 0.1) is 0 Å². The molecule has 0 saturated heterocycles. The SMILES string of the molecule is O=C(O)C1=C(Cc2cccnc2)CCC1. The van der Waals surface area contributed by atoms with Crippen LogP contribution in [0.3, 0.4) is 0 Å². The number of hydrogen-bond acceptors (Lipinski definition) is 2. The fraction of sp³-hybridized carbons (Fsp3) is 0.333. The van der Waals surface area contributed by atoms with Crippen LogP contribution in [0.2, 0.25) is 0 Å². The van der Waals surface area contributed by atoms with Crippen molar-refractivity contribution in [2.75, 3.05) is 0 Å². The fourth-order valence-corrected chi connectivity index (χ4v) is 2.01. The van der Waals surface area contributed by atoms with E-state index in [1.165, 1.54) is 0 Å². The third-order valence-electron chi connectivity index (χ3n) is 2.73. The molecule has 3 nitrogen and oxygen atoms in total. The van der Waals surface area contributed by atoms with Gasteiger partial charge in [0.25, 0.3) is 0 Å². The van der Waals surface area contributed by atoms with Crippen molar-refractivity contribution in [3.05, 3.63) is 41.2 Å². The molecule has 1 N–H and O–H groups in total. The molecular weight excluding hydrogens is 190 g/mol. The molecule has 0 aliphatic heterocycles. The lowest BCUT2D eigenvalue weighted by molar-refractivity contribution is -0.132. The van der Waals surface area contributed by atoms with Gasteiger partial charge in [-0.15, -0.1) is 0 Å². The van der Waals surface area contributed by atoms with Gasteiger partial charge in [0.15, 0.2) is 0 Å². The number of carboxylic acids is 1. The van der Waals surface area contributed by atoms with Crippen LogP contribution in [0.25, 0.3) is 0 Å². The molecule has 0 bridgehead atoms. The number of hydrogen-bond donors (Lipinski definition) is 1. The second kappa shape index (κ2) is 4.26. The highest BCUT2D eigenvalue weighted by molar-refractivity contribution is 5.88. The van der Waals surface area contributed by atoms with E-state index in [4.69, 9.17) is 5.11 Å². The molecule has 1 aromatic rings. The topological polar surface area (TPSA) is 50.2 Å². The van der Waals surface area contributed by atoms with Crippen molar-refractivity contribution in [2.45, 2.75) is 25.7 Å². The summed E-state index contributed by atoms with van der Waals surface area (Å²) in [5.74, 6) is -0.758. The second-order valence-corrected chi connectivity index (χ2v) is 3.78. The van der Waals surface area contributed by atoms with Crippen molar-refractivity contribution in [1.82, 2.24) is 4.98 Å². The minimum Gasteiger partial charge on any atom is -0.478 e. The van der Waals surface area contributed by atoms with E-state index in [2.05, 4.69) is 4.98 Å². The van der Waals surface area contributed by atoms with Crippen molar-refractivity contribution in [1.29, 1.82) is 0 Å². The highest BCUT2D eigenvalue weighted by Crippen LogP contribution is 2.28. The third kappa shape index (κ3) is 2.24. The summed E-state index contributed by atoms with van der Waals surface area (Å²) in [6.45, 7) is 0. The van der Waals surface area contributed by atoms with E-state index >= 15 is 0 Å². The Bertz CT molecular complexity index is 395. The zero-order valence-corrected chi connectivity index (χ0v) is 8.44. The van der Waals surface area contributed by atoms with E-state index in [0.29, 0.717) is 12.0 Å². The Morgan fingerprint density at radius 2 is 2.33 bits per heavy atom. The van der Waals surface area contributed by atoms with Crippen LogP contribution in [0.4, 0.5) is 0 Å². The van der Waals surface area contributed by atoms with Gasteiger partial charge in [0, 0.05) is 18.0 Å². The molecule has 1 heterocycles. The predicted octanol–water partition coefficient (Wildman–Crippen LogP) is 2.19. The van der Waals surface area contributed by atoms with Crippen molar-refractivity contribution in [3.63, 3.8) is 0 Å². The van der Waals surface area contributed by atoms with Crippen LogP contribution >= 0.6 is 0 Å². The molecule has 0 radical (unpaired) electrons. The van der Waals surface area contributed by atoms with Gasteiger partial charge in [-0.1, -0.05) is 11.6 Å². The molecule has 0 spiro atoms.